The van der Waals surface area contributed by atoms with Gasteiger partial charge in [0.25, 0.3) is 0 Å². The van der Waals surface area contributed by atoms with Gasteiger partial charge in [-0.15, -0.1) is 23.5 Å². The first-order valence-electron chi connectivity index (χ1n) is 3.08. The summed E-state index contributed by atoms with van der Waals surface area (Å²) in [6.07, 6.45) is 0. The molecular weight excluding hydrogens is 160 g/mol. The molecule has 1 heterocycles. The molecule has 0 fully saturated rings. The minimum atomic E-state index is 1.02. The molecule has 0 saturated heterocycles. The van der Waals surface area contributed by atoms with E-state index in [1.807, 2.05) is 11.8 Å². The summed E-state index contributed by atoms with van der Waals surface area (Å²) in [6.45, 7) is 0. The van der Waals surface area contributed by atoms with Crippen LogP contribution in [0.1, 0.15) is 0 Å². The minimum Gasteiger partial charge on any atom is -0.123 e. The largest absolute Gasteiger partial charge is 0.123 e. The van der Waals surface area contributed by atoms with Crippen molar-refractivity contribution in [3.63, 3.8) is 0 Å². The maximum absolute atomic E-state index is 3.22. The first-order chi connectivity index (χ1) is 4.97. The van der Waals surface area contributed by atoms with Crippen LogP contribution in [0, 0.1) is 5.75 Å². The molecular formula is C8H6S2. The maximum atomic E-state index is 3.22. The average molecular weight is 166 g/mol. The van der Waals surface area contributed by atoms with Crippen LogP contribution in [0.5, 0.6) is 0 Å². The van der Waals surface area contributed by atoms with Gasteiger partial charge in [0.2, 0.25) is 0 Å². The van der Waals surface area contributed by atoms with Crippen molar-refractivity contribution in [3.05, 3.63) is 30.0 Å². The second-order valence-corrected chi connectivity index (χ2v) is 3.93. The molecule has 0 nitrogen and oxygen atoms in total. The minimum absolute atomic E-state index is 1.02. The number of hydrogen-bond donors (Lipinski definition) is 0. The quantitative estimate of drug-likeness (QED) is 0.581. The molecule has 1 aromatic carbocycles. The predicted octanol–water partition coefficient (Wildman–Crippen LogP) is 2.92. The first-order valence-corrected chi connectivity index (χ1v) is 4.88. The Morgan fingerprint density at radius 2 is 2.00 bits per heavy atom. The van der Waals surface area contributed by atoms with Gasteiger partial charge in [-0.05, 0) is 12.1 Å². The molecule has 2 rings (SSSR count). The van der Waals surface area contributed by atoms with Crippen LogP contribution in [0.2, 0.25) is 0 Å². The topological polar surface area (TPSA) is 0 Å². The third-order valence-electron chi connectivity index (χ3n) is 1.32. The summed E-state index contributed by atoms with van der Waals surface area (Å²) >= 11 is 3.57. The van der Waals surface area contributed by atoms with Gasteiger partial charge in [-0.2, -0.15) is 0 Å². The van der Waals surface area contributed by atoms with Gasteiger partial charge in [-0.1, -0.05) is 12.1 Å². The van der Waals surface area contributed by atoms with Crippen molar-refractivity contribution in [2.45, 2.75) is 9.79 Å². The van der Waals surface area contributed by atoms with Crippen LogP contribution in [-0.4, -0.2) is 5.75 Å². The van der Waals surface area contributed by atoms with Gasteiger partial charge in [0, 0.05) is 15.5 Å². The summed E-state index contributed by atoms with van der Waals surface area (Å²) in [5.41, 5.74) is 0. The fourth-order valence-corrected chi connectivity index (χ4v) is 2.65. The van der Waals surface area contributed by atoms with Gasteiger partial charge < -0.3 is 0 Å². The molecule has 0 atom stereocenters. The van der Waals surface area contributed by atoms with Crippen LogP contribution in [0.4, 0.5) is 0 Å². The molecule has 0 amide bonds. The number of benzene rings is 1. The molecule has 10 heavy (non-hydrogen) atoms. The van der Waals surface area contributed by atoms with Crippen LogP contribution in [-0.2, 0) is 0 Å². The zero-order valence-corrected chi connectivity index (χ0v) is 6.97. The second kappa shape index (κ2) is 2.89. The van der Waals surface area contributed by atoms with Gasteiger partial charge in [0.15, 0.2) is 0 Å². The highest BCUT2D eigenvalue weighted by molar-refractivity contribution is 8.07. The van der Waals surface area contributed by atoms with Gasteiger partial charge in [-0.25, -0.2) is 0 Å². The van der Waals surface area contributed by atoms with E-state index in [4.69, 9.17) is 0 Å². The third kappa shape index (κ3) is 1.18. The van der Waals surface area contributed by atoms with Gasteiger partial charge in [0.05, 0.1) is 5.75 Å². The van der Waals surface area contributed by atoms with Crippen molar-refractivity contribution in [1.29, 1.82) is 0 Å². The zero-order valence-electron chi connectivity index (χ0n) is 5.33. The number of fused-ring (bicyclic) bond motifs is 1. The van der Waals surface area contributed by atoms with Crippen LogP contribution >= 0.6 is 23.5 Å². The maximum Gasteiger partial charge on any atom is 0.0646 e. The highest BCUT2D eigenvalue weighted by Crippen LogP contribution is 2.38. The summed E-state index contributed by atoms with van der Waals surface area (Å²) in [4.78, 5) is 2.74. The third-order valence-corrected chi connectivity index (χ3v) is 3.45. The Kier molecular flexibility index (Phi) is 1.91. The lowest BCUT2D eigenvalue weighted by atomic mass is 10.4. The van der Waals surface area contributed by atoms with E-state index in [2.05, 4.69) is 30.0 Å². The molecule has 50 valence electrons. The van der Waals surface area contributed by atoms with Crippen LogP contribution in [0.15, 0.2) is 34.1 Å². The summed E-state index contributed by atoms with van der Waals surface area (Å²) in [7, 11) is 0. The molecule has 0 saturated carbocycles. The molecule has 2 heteroatoms. The highest BCUT2D eigenvalue weighted by atomic mass is 32.2. The zero-order chi connectivity index (χ0) is 6.81. The average Bonchev–Trinajstić information content (AvgIpc) is 2.05. The Hall–Kier alpha value is -0.0800. The van der Waals surface area contributed by atoms with E-state index >= 15 is 0 Å². The molecule has 0 spiro atoms. The van der Waals surface area contributed by atoms with Gasteiger partial charge >= 0.3 is 0 Å². The lowest BCUT2D eigenvalue weighted by molar-refractivity contribution is 1.24. The molecule has 0 N–H and O–H groups in total. The number of thioether (sulfide) groups is 2. The van der Waals surface area contributed by atoms with Gasteiger partial charge in [0.1, 0.15) is 0 Å². The SMILES string of the molecule is [C]1CSc2ccccc2S1. The molecule has 0 bridgehead atoms. The lowest BCUT2D eigenvalue weighted by Gasteiger charge is -2.11. The van der Waals surface area contributed by atoms with Crippen molar-refractivity contribution in [3.8, 4) is 0 Å². The lowest BCUT2D eigenvalue weighted by Crippen LogP contribution is -1.87. The summed E-state index contributed by atoms with van der Waals surface area (Å²) in [6, 6.07) is 8.45. The molecule has 0 aromatic heterocycles. The standard InChI is InChI=1S/C8H6S2/c1-2-4-8-7(3-1)9-5-6-10-8/h1-4H,5H2. The summed E-state index contributed by atoms with van der Waals surface area (Å²) in [5.74, 6) is 4.24. The Bertz CT molecular complexity index is 207. The highest BCUT2D eigenvalue weighted by Gasteiger charge is 2.08. The summed E-state index contributed by atoms with van der Waals surface area (Å²) in [5, 5.41) is 0. The van der Waals surface area contributed by atoms with E-state index in [1.54, 1.807) is 11.8 Å². The predicted molar refractivity (Wildman–Crippen MR) is 46.3 cm³/mol. The normalized spacial score (nSPS) is 16.4. The molecule has 1 aromatic rings. The van der Waals surface area contributed by atoms with E-state index in [1.165, 1.54) is 9.79 Å². The Morgan fingerprint density at radius 3 is 2.80 bits per heavy atom. The van der Waals surface area contributed by atoms with E-state index in [9.17, 15) is 0 Å². The number of hydrogen-bond acceptors (Lipinski definition) is 2. The fourth-order valence-electron chi connectivity index (χ4n) is 0.868. The number of rotatable bonds is 0. The fraction of sp³-hybridized carbons (Fsp3) is 0.125. The van der Waals surface area contributed by atoms with Crippen molar-refractivity contribution in [2.24, 2.45) is 0 Å². The van der Waals surface area contributed by atoms with Crippen molar-refractivity contribution < 1.29 is 0 Å². The Labute approximate surface area is 69.4 Å². The van der Waals surface area contributed by atoms with Crippen LogP contribution < -0.4 is 0 Å². The molecule has 2 radical (unpaired) electrons. The first kappa shape index (κ1) is 6.62. The summed E-state index contributed by atoms with van der Waals surface area (Å²) < 4.78 is 0. The van der Waals surface area contributed by atoms with E-state index in [0.717, 1.165) is 5.75 Å². The van der Waals surface area contributed by atoms with E-state index < -0.39 is 0 Å². The van der Waals surface area contributed by atoms with Crippen molar-refractivity contribution in [1.82, 2.24) is 0 Å². The molecule has 1 aliphatic rings. The van der Waals surface area contributed by atoms with E-state index in [-0.39, 0.29) is 0 Å². The van der Waals surface area contributed by atoms with Crippen molar-refractivity contribution in [2.75, 3.05) is 5.75 Å². The smallest absolute Gasteiger partial charge is 0.0646 e. The Morgan fingerprint density at radius 1 is 1.20 bits per heavy atom. The van der Waals surface area contributed by atoms with Crippen LogP contribution in [0.25, 0.3) is 0 Å². The second-order valence-electron chi connectivity index (χ2n) is 1.98. The van der Waals surface area contributed by atoms with Gasteiger partial charge in [-0.3, -0.25) is 0 Å². The Balaban J connectivity index is 2.41. The van der Waals surface area contributed by atoms with Crippen molar-refractivity contribution >= 4 is 23.5 Å². The van der Waals surface area contributed by atoms with E-state index in [0.29, 0.717) is 0 Å². The van der Waals surface area contributed by atoms with Crippen LogP contribution in [0.3, 0.4) is 0 Å². The molecule has 0 unspecified atom stereocenters. The monoisotopic (exact) mass is 166 g/mol. The molecule has 1 aliphatic heterocycles. The molecule has 0 aliphatic carbocycles.